The van der Waals surface area contributed by atoms with E-state index >= 15 is 0 Å². The van der Waals surface area contributed by atoms with E-state index in [0.717, 1.165) is 36.7 Å². The largest absolute Gasteiger partial charge is 0.380 e. The zero-order chi connectivity index (χ0) is 13.8. The van der Waals surface area contributed by atoms with Gasteiger partial charge in [-0.25, -0.2) is 9.97 Å². The van der Waals surface area contributed by atoms with Crippen LogP contribution in [0.4, 0.5) is 0 Å². The summed E-state index contributed by atoms with van der Waals surface area (Å²) in [6.45, 7) is 7.60. The summed E-state index contributed by atoms with van der Waals surface area (Å²) in [6, 6.07) is 3.98. The van der Waals surface area contributed by atoms with Crippen LogP contribution in [0.15, 0.2) is 18.3 Å². The molecule has 0 spiro atoms. The molecule has 1 saturated heterocycles. The maximum Gasteiger partial charge on any atom is 0.160 e. The van der Waals surface area contributed by atoms with Gasteiger partial charge in [0.25, 0.3) is 0 Å². The molecule has 0 aromatic carbocycles. The van der Waals surface area contributed by atoms with Gasteiger partial charge in [-0.05, 0) is 45.0 Å². The van der Waals surface area contributed by atoms with Crippen molar-refractivity contribution in [3.8, 4) is 0 Å². The molecule has 3 heterocycles. The number of nitrogens with zero attached hydrogens (tertiary/aromatic N) is 4. The molecular weight excluding hydrogens is 252 g/mol. The standard InChI is InChI=1S/C15H22N4O/c1-2-20-11-10-19-14(12-18-8-3-4-9-18)17-13-6-5-7-16-15(13)19/h5-7H,2-4,8-12H2,1H3. The van der Waals surface area contributed by atoms with Crippen LogP contribution in [0, 0.1) is 0 Å². The van der Waals surface area contributed by atoms with Crippen LogP contribution in [0.5, 0.6) is 0 Å². The molecule has 0 bridgehead atoms. The number of likely N-dealkylation sites (tertiary alicyclic amines) is 1. The predicted octanol–water partition coefficient (Wildman–Crippen LogP) is 2.06. The topological polar surface area (TPSA) is 43.2 Å². The van der Waals surface area contributed by atoms with Gasteiger partial charge in [-0.15, -0.1) is 0 Å². The van der Waals surface area contributed by atoms with Crippen molar-refractivity contribution in [2.75, 3.05) is 26.3 Å². The van der Waals surface area contributed by atoms with Crippen LogP contribution in [-0.2, 0) is 17.8 Å². The zero-order valence-electron chi connectivity index (χ0n) is 12.1. The number of fused-ring (bicyclic) bond motifs is 1. The number of ether oxygens (including phenoxy) is 1. The molecule has 1 aliphatic rings. The molecule has 0 radical (unpaired) electrons. The fraction of sp³-hybridized carbons (Fsp3) is 0.600. The van der Waals surface area contributed by atoms with E-state index in [-0.39, 0.29) is 0 Å². The van der Waals surface area contributed by atoms with Gasteiger partial charge in [0.1, 0.15) is 11.3 Å². The highest BCUT2D eigenvalue weighted by Crippen LogP contribution is 2.17. The van der Waals surface area contributed by atoms with Crippen molar-refractivity contribution in [1.82, 2.24) is 19.4 Å². The summed E-state index contributed by atoms with van der Waals surface area (Å²) in [4.78, 5) is 11.7. The molecular formula is C15H22N4O. The Morgan fingerprint density at radius 2 is 2.15 bits per heavy atom. The summed E-state index contributed by atoms with van der Waals surface area (Å²) in [5, 5.41) is 0. The number of hydrogen-bond donors (Lipinski definition) is 0. The van der Waals surface area contributed by atoms with Gasteiger partial charge < -0.3 is 9.30 Å². The molecule has 2 aromatic rings. The van der Waals surface area contributed by atoms with Crippen molar-refractivity contribution < 1.29 is 4.74 Å². The first-order chi connectivity index (χ1) is 9.88. The Hall–Kier alpha value is -1.46. The second-order valence-corrected chi connectivity index (χ2v) is 5.21. The van der Waals surface area contributed by atoms with Gasteiger partial charge in [0, 0.05) is 19.3 Å². The minimum atomic E-state index is 0.714. The summed E-state index contributed by atoms with van der Waals surface area (Å²) in [5.41, 5.74) is 1.96. The van der Waals surface area contributed by atoms with E-state index in [1.54, 1.807) is 0 Å². The lowest BCUT2D eigenvalue weighted by molar-refractivity contribution is 0.138. The van der Waals surface area contributed by atoms with Crippen molar-refractivity contribution in [3.05, 3.63) is 24.2 Å². The third kappa shape index (κ3) is 2.83. The third-order valence-corrected chi connectivity index (χ3v) is 3.81. The van der Waals surface area contributed by atoms with Gasteiger partial charge in [0.15, 0.2) is 5.65 Å². The van der Waals surface area contributed by atoms with E-state index in [1.165, 1.54) is 25.9 Å². The van der Waals surface area contributed by atoms with Gasteiger partial charge in [-0.2, -0.15) is 0 Å². The Labute approximate surface area is 119 Å². The minimum Gasteiger partial charge on any atom is -0.380 e. The molecule has 1 aliphatic heterocycles. The Bertz CT molecular complexity index is 560. The smallest absolute Gasteiger partial charge is 0.160 e. The molecule has 0 unspecified atom stereocenters. The lowest BCUT2D eigenvalue weighted by atomic mass is 10.4. The van der Waals surface area contributed by atoms with Gasteiger partial charge in [0.05, 0.1) is 13.2 Å². The number of rotatable bonds is 6. The van der Waals surface area contributed by atoms with Crippen LogP contribution in [-0.4, -0.2) is 45.7 Å². The Morgan fingerprint density at radius 1 is 1.30 bits per heavy atom. The monoisotopic (exact) mass is 274 g/mol. The summed E-state index contributed by atoms with van der Waals surface area (Å²) in [7, 11) is 0. The highest BCUT2D eigenvalue weighted by Gasteiger charge is 2.17. The van der Waals surface area contributed by atoms with E-state index < -0.39 is 0 Å². The van der Waals surface area contributed by atoms with Crippen molar-refractivity contribution in [2.45, 2.75) is 32.9 Å². The van der Waals surface area contributed by atoms with E-state index in [4.69, 9.17) is 9.72 Å². The van der Waals surface area contributed by atoms with E-state index in [9.17, 15) is 0 Å². The normalized spacial score (nSPS) is 16.2. The Morgan fingerprint density at radius 3 is 2.95 bits per heavy atom. The fourth-order valence-electron chi connectivity index (χ4n) is 2.80. The molecule has 0 atom stereocenters. The molecule has 108 valence electrons. The maximum atomic E-state index is 5.49. The van der Waals surface area contributed by atoms with Crippen LogP contribution in [0.25, 0.3) is 11.2 Å². The van der Waals surface area contributed by atoms with E-state index in [1.807, 2.05) is 25.3 Å². The first kappa shape index (κ1) is 13.5. The molecule has 20 heavy (non-hydrogen) atoms. The van der Waals surface area contributed by atoms with Gasteiger partial charge in [-0.1, -0.05) is 0 Å². The molecule has 0 amide bonds. The Kier molecular flexibility index (Phi) is 4.28. The molecule has 3 rings (SSSR count). The highest BCUT2D eigenvalue weighted by atomic mass is 16.5. The average molecular weight is 274 g/mol. The van der Waals surface area contributed by atoms with Crippen LogP contribution in [0.3, 0.4) is 0 Å². The third-order valence-electron chi connectivity index (χ3n) is 3.81. The lowest BCUT2D eigenvalue weighted by Crippen LogP contribution is -2.22. The second-order valence-electron chi connectivity index (χ2n) is 5.21. The first-order valence-corrected chi connectivity index (χ1v) is 7.48. The molecule has 0 aliphatic carbocycles. The van der Waals surface area contributed by atoms with Crippen LogP contribution < -0.4 is 0 Å². The maximum absolute atomic E-state index is 5.49. The number of hydrogen-bond acceptors (Lipinski definition) is 4. The van der Waals surface area contributed by atoms with Gasteiger partial charge in [-0.3, -0.25) is 4.90 Å². The van der Waals surface area contributed by atoms with Crippen molar-refractivity contribution in [1.29, 1.82) is 0 Å². The summed E-state index contributed by atoms with van der Waals surface area (Å²) in [6.07, 6.45) is 4.44. The molecule has 1 fully saturated rings. The van der Waals surface area contributed by atoms with Crippen LogP contribution in [0.2, 0.25) is 0 Å². The van der Waals surface area contributed by atoms with Crippen LogP contribution >= 0.6 is 0 Å². The molecule has 0 N–H and O–H groups in total. The molecule has 5 nitrogen and oxygen atoms in total. The fourth-order valence-corrected chi connectivity index (χ4v) is 2.80. The quantitative estimate of drug-likeness (QED) is 0.756. The molecule has 2 aromatic heterocycles. The zero-order valence-corrected chi connectivity index (χ0v) is 12.1. The lowest BCUT2D eigenvalue weighted by Gasteiger charge is -2.15. The first-order valence-electron chi connectivity index (χ1n) is 7.48. The van der Waals surface area contributed by atoms with E-state index in [2.05, 4.69) is 14.5 Å². The van der Waals surface area contributed by atoms with Crippen LogP contribution in [0.1, 0.15) is 25.6 Å². The predicted molar refractivity (Wildman–Crippen MR) is 78.5 cm³/mol. The number of imidazole rings is 1. The summed E-state index contributed by atoms with van der Waals surface area (Å²) < 4.78 is 7.70. The van der Waals surface area contributed by atoms with Gasteiger partial charge >= 0.3 is 0 Å². The second kappa shape index (κ2) is 6.33. The highest BCUT2D eigenvalue weighted by molar-refractivity contribution is 5.71. The minimum absolute atomic E-state index is 0.714. The van der Waals surface area contributed by atoms with Crippen molar-refractivity contribution >= 4 is 11.2 Å². The van der Waals surface area contributed by atoms with Crippen molar-refractivity contribution in [3.63, 3.8) is 0 Å². The number of pyridine rings is 1. The molecule has 0 saturated carbocycles. The summed E-state index contributed by atoms with van der Waals surface area (Å²) >= 11 is 0. The Balaban J connectivity index is 1.85. The summed E-state index contributed by atoms with van der Waals surface area (Å²) in [5.74, 6) is 1.11. The SMILES string of the molecule is CCOCCn1c(CN2CCCC2)nc2cccnc21. The van der Waals surface area contributed by atoms with Crippen molar-refractivity contribution in [2.24, 2.45) is 0 Å². The van der Waals surface area contributed by atoms with E-state index in [0.29, 0.717) is 6.61 Å². The molecule has 5 heteroatoms. The number of aromatic nitrogens is 3. The van der Waals surface area contributed by atoms with Gasteiger partial charge in [0.2, 0.25) is 0 Å². The average Bonchev–Trinajstić information content (AvgIpc) is 3.08.